The van der Waals surface area contributed by atoms with Gasteiger partial charge >= 0.3 is 0 Å². The normalized spacial score (nSPS) is 15.3. The molecule has 0 saturated carbocycles. The summed E-state index contributed by atoms with van der Waals surface area (Å²) in [7, 11) is 0. The maximum Gasteiger partial charge on any atom is 0.272 e. The monoisotopic (exact) mass is 328 g/mol. The van der Waals surface area contributed by atoms with Crippen LogP contribution in [0.2, 0.25) is 0 Å². The molecule has 5 nitrogen and oxygen atoms in total. The minimum Gasteiger partial charge on any atom is -0.355 e. The molecule has 1 amide bonds. The maximum absolute atomic E-state index is 12.9. The van der Waals surface area contributed by atoms with Crippen molar-refractivity contribution >= 4 is 11.7 Å². The van der Waals surface area contributed by atoms with Gasteiger partial charge in [0.2, 0.25) is 0 Å². The number of amides is 1. The second kappa shape index (κ2) is 7.38. The zero-order chi connectivity index (χ0) is 16.9. The fourth-order valence-electron chi connectivity index (χ4n) is 2.73. The Labute approximate surface area is 140 Å². The van der Waals surface area contributed by atoms with Gasteiger partial charge in [-0.25, -0.2) is 4.39 Å². The first-order chi connectivity index (χ1) is 11.6. The van der Waals surface area contributed by atoms with E-state index in [1.807, 2.05) is 6.07 Å². The van der Waals surface area contributed by atoms with E-state index in [0.29, 0.717) is 6.54 Å². The van der Waals surface area contributed by atoms with Crippen molar-refractivity contribution in [2.45, 2.75) is 26.3 Å². The average Bonchev–Trinajstić information content (AvgIpc) is 2.62. The van der Waals surface area contributed by atoms with Gasteiger partial charge < -0.3 is 10.2 Å². The lowest BCUT2D eigenvalue weighted by molar-refractivity contribution is 0.0945. The summed E-state index contributed by atoms with van der Waals surface area (Å²) in [4.78, 5) is 14.3. The molecule has 1 aromatic heterocycles. The van der Waals surface area contributed by atoms with Crippen LogP contribution in [0.1, 0.15) is 35.8 Å². The Kier molecular flexibility index (Phi) is 5.03. The molecule has 1 aliphatic heterocycles. The zero-order valence-corrected chi connectivity index (χ0v) is 13.7. The third-order valence-corrected chi connectivity index (χ3v) is 4.36. The van der Waals surface area contributed by atoms with Crippen molar-refractivity contribution < 1.29 is 9.18 Å². The molecule has 0 bridgehead atoms. The van der Waals surface area contributed by atoms with E-state index < -0.39 is 0 Å². The van der Waals surface area contributed by atoms with Gasteiger partial charge in [-0.05, 0) is 48.6 Å². The molecule has 2 aromatic rings. The molecule has 24 heavy (non-hydrogen) atoms. The van der Waals surface area contributed by atoms with Crippen molar-refractivity contribution in [1.29, 1.82) is 0 Å². The highest BCUT2D eigenvalue weighted by atomic mass is 19.1. The lowest BCUT2D eigenvalue weighted by Crippen LogP contribution is -2.33. The van der Waals surface area contributed by atoms with Crippen LogP contribution in [-0.4, -0.2) is 29.2 Å². The second-order valence-corrected chi connectivity index (χ2v) is 6.26. The molecular weight excluding hydrogens is 307 g/mol. The van der Waals surface area contributed by atoms with E-state index in [2.05, 4.69) is 27.3 Å². The van der Waals surface area contributed by atoms with Gasteiger partial charge in [-0.3, -0.25) is 4.79 Å². The van der Waals surface area contributed by atoms with E-state index in [1.165, 1.54) is 12.1 Å². The Morgan fingerprint density at radius 2 is 1.88 bits per heavy atom. The average molecular weight is 328 g/mol. The van der Waals surface area contributed by atoms with Crippen molar-refractivity contribution in [3.05, 3.63) is 53.5 Å². The van der Waals surface area contributed by atoms with Gasteiger partial charge in [0, 0.05) is 19.6 Å². The number of carbonyl (C=O) groups excluding carboxylic acids is 1. The largest absolute Gasteiger partial charge is 0.355 e. The minimum atomic E-state index is -0.293. The zero-order valence-electron chi connectivity index (χ0n) is 13.7. The van der Waals surface area contributed by atoms with E-state index in [-0.39, 0.29) is 17.4 Å². The van der Waals surface area contributed by atoms with Crippen LogP contribution in [0.25, 0.3) is 0 Å². The fraction of sp³-hybridized carbons (Fsp3) is 0.389. The number of benzene rings is 1. The van der Waals surface area contributed by atoms with E-state index in [4.69, 9.17) is 0 Å². The Morgan fingerprint density at radius 1 is 1.17 bits per heavy atom. The number of carbonyl (C=O) groups is 1. The number of nitrogens with zero attached hydrogens (tertiary/aromatic N) is 3. The van der Waals surface area contributed by atoms with Crippen LogP contribution >= 0.6 is 0 Å². The first kappa shape index (κ1) is 16.4. The molecule has 1 saturated heterocycles. The number of anilines is 1. The Morgan fingerprint density at radius 3 is 2.50 bits per heavy atom. The molecule has 2 heterocycles. The van der Waals surface area contributed by atoms with Crippen LogP contribution < -0.4 is 10.2 Å². The molecule has 0 aliphatic carbocycles. The summed E-state index contributed by atoms with van der Waals surface area (Å²) < 4.78 is 12.9. The van der Waals surface area contributed by atoms with E-state index in [0.717, 1.165) is 43.2 Å². The van der Waals surface area contributed by atoms with E-state index >= 15 is 0 Å². The molecule has 126 valence electrons. The summed E-state index contributed by atoms with van der Waals surface area (Å²) in [6.07, 6.45) is 2.31. The topological polar surface area (TPSA) is 58.1 Å². The number of hydrogen-bond donors (Lipinski definition) is 1. The molecule has 0 radical (unpaired) electrons. The number of rotatable bonds is 4. The van der Waals surface area contributed by atoms with Gasteiger partial charge in [0.25, 0.3) is 5.91 Å². The highest BCUT2D eigenvalue weighted by Gasteiger charge is 2.17. The quantitative estimate of drug-likeness (QED) is 0.937. The lowest BCUT2D eigenvalue weighted by Gasteiger charge is -2.30. The van der Waals surface area contributed by atoms with E-state index in [1.54, 1.807) is 18.2 Å². The van der Waals surface area contributed by atoms with Gasteiger partial charge in [-0.15, -0.1) is 10.2 Å². The number of aromatic nitrogens is 2. The fourth-order valence-corrected chi connectivity index (χ4v) is 2.73. The molecule has 1 aliphatic rings. The van der Waals surface area contributed by atoms with Gasteiger partial charge in [0.05, 0.1) is 0 Å². The molecule has 3 rings (SSSR count). The Hall–Kier alpha value is -2.50. The molecular formula is C18H21FN4O. The second-order valence-electron chi connectivity index (χ2n) is 6.26. The molecule has 0 unspecified atom stereocenters. The standard InChI is InChI=1S/C18H21FN4O/c1-13-8-10-23(11-9-13)17-7-6-16(21-22-17)18(24)20-12-14-2-4-15(19)5-3-14/h2-7,13H,8-12H2,1H3,(H,20,24). The van der Waals surface area contributed by atoms with Crippen LogP contribution in [0.15, 0.2) is 36.4 Å². The first-order valence-electron chi connectivity index (χ1n) is 8.23. The van der Waals surface area contributed by atoms with Gasteiger partial charge in [-0.1, -0.05) is 19.1 Å². The predicted octanol–water partition coefficient (Wildman–Crippen LogP) is 2.78. The lowest BCUT2D eigenvalue weighted by atomic mass is 9.99. The summed E-state index contributed by atoms with van der Waals surface area (Å²) in [6.45, 7) is 4.54. The van der Waals surface area contributed by atoms with Crippen molar-refractivity contribution in [1.82, 2.24) is 15.5 Å². The summed E-state index contributed by atoms with van der Waals surface area (Å²) in [5, 5.41) is 11.0. The predicted molar refractivity (Wildman–Crippen MR) is 90.2 cm³/mol. The Balaban J connectivity index is 1.56. The van der Waals surface area contributed by atoms with Crippen molar-refractivity contribution in [3.8, 4) is 0 Å². The van der Waals surface area contributed by atoms with Gasteiger partial charge in [0.15, 0.2) is 11.5 Å². The van der Waals surface area contributed by atoms with Crippen molar-refractivity contribution in [2.24, 2.45) is 5.92 Å². The first-order valence-corrected chi connectivity index (χ1v) is 8.23. The van der Waals surface area contributed by atoms with Crippen LogP contribution in [-0.2, 0) is 6.54 Å². The van der Waals surface area contributed by atoms with Crippen LogP contribution in [0, 0.1) is 11.7 Å². The maximum atomic E-state index is 12.9. The third kappa shape index (κ3) is 4.07. The van der Waals surface area contributed by atoms with Crippen LogP contribution in [0.3, 0.4) is 0 Å². The van der Waals surface area contributed by atoms with Crippen molar-refractivity contribution in [3.63, 3.8) is 0 Å². The summed E-state index contributed by atoms with van der Waals surface area (Å²) in [6, 6.07) is 9.56. The highest BCUT2D eigenvalue weighted by Crippen LogP contribution is 2.20. The van der Waals surface area contributed by atoms with Crippen LogP contribution in [0.5, 0.6) is 0 Å². The number of halogens is 1. The van der Waals surface area contributed by atoms with Crippen molar-refractivity contribution in [2.75, 3.05) is 18.0 Å². The Bertz CT molecular complexity index is 679. The SMILES string of the molecule is CC1CCN(c2ccc(C(=O)NCc3ccc(F)cc3)nn2)CC1. The van der Waals surface area contributed by atoms with Gasteiger partial charge in [-0.2, -0.15) is 0 Å². The molecule has 0 atom stereocenters. The minimum absolute atomic E-state index is 0.284. The highest BCUT2D eigenvalue weighted by molar-refractivity contribution is 5.92. The number of nitrogens with one attached hydrogen (secondary N) is 1. The summed E-state index contributed by atoms with van der Waals surface area (Å²) in [5.41, 5.74) is 1.11. The molecule has 0 spiro atoms. The molecule has 1 fully saturated rings. The number of hydrogen-bond acceptors (Lipinski definition) is 4. The van der Waals surface area contributed by atoms with Crippen LogP contribution in [0.4, 0.5) is 10.2 Å². The smallest absolute Gasteiger partial charge is 0.272 e. The third-order valence-electron chi connectivity index (χ3n) is 4.36. The molecule has 1 aromatic carbocycles. The van der Waals surface area contributed by atoms with Gasteiger partial charge in [0.1, 0.15) is 5.82 Å². The molecule has 1 N–H and O–H groups in total. The summed E-state index contributed by atoms with van der Waals surface area (Å²) >= 11 is 0. The summed E-state index contributed by atoms with van der Waals surface area (Å²) in [5.74, 6) is 0.993. The molecule has 6 heteroatoms. The van der Waals surface area contributed by atoms with E-state index in [9.17, 15) is 9.18 Å². The number of piperidine rings is 1.